The average Bonchev–Trinajstić information content (AvgIpc) is 3.12. The number of hydrogen-bond donors (Lipinski definition) is 2. The average molecular weight is 358 g/mol. The smallest absolute Gasteiger partial charge is 0.306 e. The van der Waals surface area contributed by atoms with Gasteiger partial charge in [-0.2, -0.15) is 15.4 Å². The Kier molecular flexibility index (Phi) is 7.32. The topological polar surface area (TPSA) is 97.0 Å². The van der Waals surface area contributed by atoms with E-state index in [1.165, 1.54) is 11.1 Å². The van der Waals surface area contributed by atoms with Crippen molar-refractivity contribution in [3.8, 4) is 0 Å². The summed E-state index contributed by atoms with van der Waals surface area (Å²) in [5.74, 6) is -0.661. The number of aromatic amines is 1. The Balaban J connectivity index is 1.64. The molecule has 0 bridgehead atoms. The third kappa shape index (κ3) is 6.31. The van der Waals surface area contributed by atoms with Crippen LogP contribution in [0.25, 0.3) is 0 Å². The van der Waals surface area contributed by atoms with Crippen LogP contribution in [0.1, 0.15) is 54.6 Å². The fraction of sp³-hybridized carbons (Fsp3) is 0.474. The molecule has 1 heterocycles. The first-order valence-corrected chi connectivity index (χ1v) is 8.82. The normalized spacial score (nSPS) is 11.8. The highest BCUT2D eigenvalue weighted by Crippen LogP contribution is 2.16. The van der Waals surface area contributed by atoms with Crippen LogP contribution in [-0.4, -0.2) is 33.9 Å². The van der Waals surface area contributed by atoms with Gasteiger partial charge in [0.05, 0.1) is 17.9 Å². The fourth-order valence-corrected chi connectivity index (χ4v) is 2.54. The molecule has 1 aromatic carbocycles. The molecular formula is C19H26N4O3. The van der Waals surface area contributed by atoms with E-state index in [0.29, 0.717) is 6.42 Å². The molecule has 0 fully saturated rings. The van der Waals surface area contributed by atoms with Crippen LogP contribution in [0.15, 0.2) is 24.4 Å². The number of esters is 1. The van der Waals surface area contributed by atoms with E-state index in [9.17, 15) is 9.59 Å². The number of aromatic nitrogens is 3. The fourth-order valence-electron chi connectivity index (χ4n) is 2.54. The van der Waals surface area contributed by atoms with Gasteiger partial charge in [0.25, 0.3) is 5.91 Å². The van der Waals surface area contributed by atoms with E-state index < -0.39 is 0 Å². The van der Waals surface area contributed by atoms with Crippen molar-refractivity contribution in [2.75, 3.05) is 6.61 Å². The lowest BCUT2D eigenvalue weighted by Gasteiger charge is -2.15. The third-order valence-corrected chi connectivity index (χ3v) is 4.30. The molecule has 0 saturated carbocycles. The summed E-state index contributed by atoms with van der Waals surface area (Å²) in [7, 11) is 0. The molecule has 7 heteroatoms. The molecule has 1 aromatic heterocycles. The van der Waals surface area contributed by atoms with Gasteiger partial charge in [-0.1, -0.05) is 18.2 Å². The Morgan fingerprint density at radius 1 is 1.23 bits per heavy atom. The molecule has 0 saturated heterocycles. The Bertz CT molecular complexity index is 728. The number of ether oxygens (including phenoxy) is 1. The lowest BCUT2D eigenvalue weighted by atomic mass is 10.0. The van der Waals surface area contributed by atoms with Gasteiger partial charge in [-0.25, -0.2) is 0 Å². The predicted octanol–water partition coefficient (Wildman–Crippen LogP) is 2.55. The second-order valence-corrected chi connectivity index (χ2v) is 6.46. The van der Waals surface area contributed by atoms with Gasteiger partial charge in [0, 0.05) is 6.42 Å². The zero-order valence-electron chi connectivity index (χ0n) is 15.5. The van der Waals surface area contributed by atoms with Gasteiger partial charge >= 0.3 is 5.97 Å². The minimum absolute atomic E-state index is 0.136. The van der Waals surface area contributed by atoms with Crippen molar-refractivity contribution in [3.63, 3.8) is 0 Å². The van der Waals surface area contributed by atoms with E-state index >= 15 is 0 Å². The van der Waals surface area contributed by atoms with Crippen molar-refractivity contribution in [2.45, 2.75) is 52.5 Å². The van der Waals surface area contributed by atoms with E-state index in [1.807, 2.05) is 32.9 Å². The molecule has 1 amide bonds. The van der Waals surface area contributed by atoms with Gasteiger partial charge in [0.1, 0.15) is 0 Å². The molecule has 0 spiro atoms. The summed E-state index contributed by atoms with van der Waals surface area (Å²) in [5.41, 5.74) is 4.30. The first-order valence-electron chi connectivity index (χ1n) is 8.82. The summed E-state index contributed by atoms with van der Waals surface area (Å²) in [6.45, 7) is 5.75. The van der Waals surface area contributed by atoms with Gasteiger partial charge in [-0.05, 0) is 56.7 Å². The summed E-state index contributed by atoms with van der Waals surface area (Å²) in [5, 5.41) is 13.1. The second kappa shape index (κ2) is 9.70. The lowest BCUT2D eigenvalue weighted by molar-refractivity contribution is -0.148. The quantitative estimate of drug-likeness (QED) is 0.530. The number of nitrogens with one attached hydrogen (secondary N) is 2. The summed E-state index contributed by atoms with van der Waals surface area (Å²) in [6, 6.07) is 5.95. The van der Waals surface area contributed by atoms with Gasteiger partial charge in [-0.3, -0.25) is 9.59 Å². The van der Waals surface area contributed by atoms with Crippen LogP contribution in [0, 0.1) is 13.8 Å². The molecule has 0 aliphatic carbocycles. The standard InChI is InChI=1S/C19H26N4O3/c1-13-8-9-16(10-14(13)2)15(3)21-18(24)12-26-19(25)7-5-4-6-17-11-20-23-22-17/h8-11,15H,4-7,12H2,1-3H3,(H,21,24)(H,20,22,23). The molecule has 2 aromatic rings. The third-order valence-electron chi connectivity index (χ3n) is 4.30. The number of rotatable bonds is 9. The number of hydrogen-bond acceptors (Lipinski definition) is 5. The van der Waals surface area contributed by atoms with Crippen LogP contribution in [0.2, 0.25) is 0 Å². The van der Waals surface area contributed by atoms with Crippen LogP contribution in [0.5, 0.6) is 0 Å². The van der Waals surface area contributed by atoms with E-state index in [0.717, 1.165) is 24.1 Å². The van der Waals surface area contributed by atoms with Crippen molar-refractivity contribution in [1.29, 1.82) is 0 Å². The Morgan fingerprint density at radius 3 is 2.73 bits per heavy atom. The largest absolute Gasteiger partial charge is 0.456 e. The molecular weight excluding hydrogens is 332 g/mol. The number of carbonyl (C=O) groups is 2. The van der Waals surface area contributed by atoms with E-state index in [-0.39, 0.29) is 30.9 Å². The number of amides is 1. The highest BCUT2D eigenvalue weighted by Gasteiger charge is 2.12. The molecule has 7 nitrogen and oxygen atoms in total. The molecule has 140 valence electrons. The SMILES string of the molecule is Cc1ccc(C(C)NC(=O)COC(=O)CCCCc2cn[nH]n2)cc1C. The number of carbonyl (C=O) groups excluding carboxylic acids is 2. The molecule has 0 aliphatic heterocycles. The predicted molar refractivity (Wildman–Crippen MR) is 97.4 cm³/mol. The minimum Gasteiger partial charge on any atom is -0.456 e. The maximum absolute atomic E-state index is 12.0. The van der Waals surface area contributed by atoms with Crippen LogP contribution in [0.3, 0.4) is 0 Å². The number of unbranched alkanes of at least 4 members (excludes halogenated alkanes) is 1. The molecule has 26 heavy (non-hydrogen) atoms. The van der Waals surface area contributed by atoms with Gasteiger partial charge in [0.15, 0.2) is 6.61 Å². The molecule has 0 radical (unpaired) electrons. The summed E-state index contributed by atoms with van der Waals surface area (Å²) in [4.78, 5) is 23.7. The summed E-state index contributed by atoms with van der Waals surface area (Å²) >= 11 is 0. The summed E-state index contributed by atoms with van der Waals surface area (Å²) in [6.07, 6.45) is 4.22. The molecule has 2 N–H and O–H groups in total. The van der Waals surface area contributed by atoms with Crippen molar-refractivity contribution in [3.05, 3.63) is 46.8 Å². The zero-order valence-corrected chi connectivity index (χ0v) is 15.5. The van der Waals surface area contributed by atoms with Crippen LogP contribution in [-0.2, 0) is 20.7 Å². The van der Waals surface area contributed by atoms with E-state index in [4.69, 9.17) is 4.74 Å². The first-order chi connectivity index (χ1) is 12.5. The lowest BCUT2D eigenvalue weighted by Crippen LogP contribution is -2.31. The van der Waals surface area contributed by atoms with Gasteiger partial charge in [-0.15, -0.1) is 0 Å². The Labute approximate surface area is 153 Å². The maximum Gasteiger partial charge on any atom is 0.306 e. The van der Waals surface area contributed by atoms with Crippen molar-refractivity contribution in [1.82, 2.24) is 20.7 Å². The van der Waals surface area contributed by atoms with Gasteiger partial charge in [0.2, 0.25) is 0 Å². The molecule has 0 aliphatic rings. The maximum atomic E-state index is 12.0. The van der Waals surface area contributed by atoms with E-state index in [2.05, 4.69) is 26.8 Å². The van der Waals surface area contributed by atoms with Crippen molar-refractivity contribution < 1.29 is 14.3 Å². The summed E-state index contributed by atoms with van der Waals surface area (Å²) < 4.78 is 5.04. The van der Waals surface area contributed by atoms with Gasteiger partial charge < -0.3 is 10.1 Å². The van der Waals surface area contributed by atoms with Crippen molar-refractivity contribution in [2.24, 2.45) is 0 Å². The van der Waals surface area contributed by atoms with Crippen LogP contribution in [0.4, 0.5) is 0 Å². The highest BCUT2D eigenvalue weighted by molar-refractivity contribution is 5.80. The number of benzene rings is 1. The first kappa shape index (κ1) is 19.6. The molecule has 1 unspecified atom stereocenters. The second-order valence-electron chi connectivity index (χ2n) is 6.46. The molecule has 1 atom stereocenters. The monoisotopic (exact) mass is 358 g/mol. The number of aryl methyl sites for hydroxylation is 3. The number of nitrogens with zero attached hydrogens (tertiary/aromatic N) is 2. The minimum atomic E-state index is -0.362. The molecule has 2 rings (SSSR count). The Morgan fingerprint density at radius 2 is 2.04 bits per heavy atom. The number of H-pyrrole nitrogens is 1. The zero-order chi connectivity index (χ0) is 18.9. The van der Waals surface area contributed by atoms with E-state index in [1.54, 1.807) is 6.20 Å². The van der Waals surface area contributed by atoms with Crippen LogP contribution >= 0.6 is 0 Å². The Hall–Kier alpha value is -2.70. The van der Waals surface area contributed by atoms with Crippen LogP contribution < -0.4 is 5.32 Å². The van der Waals surface area contributed by atoms with Crippen molar-refractivity contribution >= 4 is 11.9 Å². The highest BCUT2D eigenvalue weighted by atomic mass is 16.5.